The van der Waals surface area contributed by atoms with Crippen molar-refractivity contribution in [2.45, 2.75) is 0 Å². The Morgan fingerprint density at radius 3 is 2.47 bits per heavy atom. The molecule has 1 aromatic heterocycles. The van der Waals surface area contributed by atoms with Crippen LogP contribution in [-0.2, 0) is 0 Å². The minimum Gasteiger partial charge on any atom is -0.263 e. The van der Waals surface area contributed by atoms with E-state index in [4.69, 9.17) is 0 Å². The van der Waals surface area contributed by atoms with Crippen LogP contribution < -0.4 is 0 Å². The molecule has 0 fully saturated rings. The van der Waals surface area contributed by atoms with Gasteiger partial charge in [-0.3, -0.25) is 4.98 Å². The molecule has 0 atom stereocenters. The van der Waals surface area contributed by atoms with E-state index in [9.17, 15) is 0 Å². The molecule has 0 aliphatic carbocycles. The van der Waals surface area contributed by atoms with Crippen LogP contribution in [0.1, 0.15) is 0 Å². The molecule has 0 saturated carbocycles. The number of aromatic nitrogens is 1. The second-order valence-corrected chi connectivity index (χ2v) is 4.78. The zero-order valence-corrected chi connectivity index (χ0v) is 10.7. The monoisotopic (exact) mass is 283 g/mol. The third-order valence-electron chi connectivity index (χ3n) is 2.82. The Hall–Kier alpha value is -1.67. The van der Waals surface area contributed by atoms with Crippen molar-refractivity contribution in [3.8, 4) is 11.1 Å². The average molecular weight is 284 g/mol. The van der Waals surface area contributed by atoms with Gasteiger partial charge in [0.1, 0.15) is 0 Å². The van der Waals surface area contributed by atoms with Crippen molar-refractivity contribution in [2.75, 3.05) is 0 Å². The van der Waals surface area contributed by atoms with Gasteiger partial charge in [0.25, 0.3) is 0 Å². The van der Waals surface area contributed by atoms with Crippen molar-refractivity contribution in [2.24, 2.45) is 0 Å². The van der Waals surface area contributed by atoms with Gasteiger partial charge in [-0.2, -0.15) is 0 Å². The molecule has 0 aliphatic rings. The Balaban J connectivity index is 2.21. The van der Waals surface area contributed by atoms with Gasteiger partial charge in [0, 0.05) is 22.3 Å². The molecule has 17 heavy (non-hydrogen) atoms. The first kappa shape index (κ1) is 10.5. The van der Waals surface area contributed by atoms with Gasteiger partial charge in [-0.05, 0) is 38.5 Å². The van der Waals surface area contributed by atoms with Crippen LogP contribution in [0, 0.1) is 0 Å². The summed E-state index contributed by atoms with van der Waals surface area (Å²) in [5.41, 5.74) is 2.45. The molecule has 0 N–H and O–H groups in total. The highest BCUT2D eigenvalue weighted by atomic mass is 79.9. The lowest BCUT2D eigenvalue weighted by atomic mass is 10.0. The van der Waals surface area contributed by atoms with Crippen LogP contribution in [0.2, 0.25) is 0 Å². The van der Waals surface area contributed by atoms with Crippen LogP contribution in [0.5, 0.6) is 0 Å². The van der Waals surface area contributed by atoms with E-state index in [0.717, 1.165) is 9.86 Å². The van der Waals surface area contributed by atoms with Gasteiger partial charge in [-0.1, -0.05) is 42.5 Å². The molecular weight excluding hydrogens is 274 g/mol. The summed E-state index contributed by atoms with van der Waals surface area (Å²) in [5.74, 6) is 0. The lowest BCUT2D eigenvalue weighted by Gasteiger charge is -2.04. The maximum Gasteiger partial charge on any atom is 0.0437 e. The van der Waals surface area contributed by atoms with Crippen molar-refractivity contribution >= 4 is 26.7 Å². The van der Waals surface area contributed by atoms with Gasteiger partial charge >= 0.3 is 0 Å². The maximum atomic E-state index is 4.20. The van der Waals surface area contributed by atoms with E-state index in [0.29, 0.717) is 0 Å². The molecule has 3 rings (SSSR count). The van der Waals surface area contributed by atoms with Gasteiger partial charge in [0.2, 0.25) is 0 Å². The highest BCUT2D eigenvalue weighted by molar-refractivity contribution is 9.10. The molecule has 0 radical (unpaired) electrons. The van der Waals surface area contributed by atoms with E-state index in [1.807, 2.05) is 18.5 Å². The quantitative estimate of drug-likeness (QED) is 0.633. The van der Waals surface area contributed by atoms with Crippen LogP contribution in [0.15, 0.2) is 65.4 Å². The molecule has 82 valence electrons. The molecule has 0 bridgehead atoms. The fourth-order valence-electron chi connectivity index (χ4n) is 1.95. The zero-order valence-electron chi connectivity index (χ0n) is 9.10. The summed E-state index contributed by atoms with van der Waals surface area (Å²) in [6.45, 7) is 0. The fourth-order valence-corrected chi connectivity index (χ4v) is 2.43. The molecular formula is C15H10BrN. The van der Waals surface area contributed by atoms with E-state index in [-0.39, 0.29) is 0 Å². The summed E-state index contributed by atoms with van der Waals surface area (Å²) >= 11 is 3.52. The summed E-state index contributed by atoms with van der Waals surface area (Å²) in [6, 6.07) is 16.8. The molecule has 0 saturated heterocycles. The zero-order chi connectivity index (χ0) is 11.7. The first-order valence-electron chi connectivity index (χ1n) is 5.43. The van der Waals surface area contributed by atoms with Crippen molar-refractivity contribution in [3.05, 3.63) is 65.4 Å². The third kappa shape index (κ3) is 1.96. The highest BCUT2D eigenvalue weighted by Crippen LogP contribution is 2.27. The normalized spacial score (nSPS) is 10.6. The standard InChI is InChI=1S/C15H10BrN/c16-15-10-17-9-13-8-12(6-7-14(13)15)11-4-2-1-3-5-11/h1-10H. The Kier molecular flexibility index (Phi) is 2.65. The minimum absolute atomic E-state index is 1.04. The van der Waals surface area contributed by atoms with Crippen molar-refractivity contribution < 1.29 is 0 Å². The Morgan fingerprint density at radius 2 is 1.65 bits per heavy atom. The molecule has 1 heterocycles. The van der Waals surface area contributed by atoms with Crippen LogP contribution in [0.4, 0.5) is 0 Å². The topological polar surface area (TPSA) is 12.9 Å². The molecule has 0 spiro atoms. The molecule has 3 aromatic rings. The molecule has 0 unspecified atom stereocenters. The fraction of sp³-hybridized carbons (Fsp3) is 0. The first-order valence-corrected chi connectivity index (χ1v) is 6.22. The first-order chi connectivity index (χ1) is 8.34. The van der Waals surface area contributed by atoms with E-state index in [2.05, 4.69) is 63.4 Å². The number of hydrogen-bond acceptors (Lipinski definition) is 1. The maximum absolute atomic E-state index is 4.20. The lowest BCUT2D eigenvalue weighted by molar-refractivity contribution is 1.35. The van der Waals surface area contributed by atoms with Gasteiger partial charge in [0.15, 0.2) is 0 Å². The highest BCUT2D eigenvalue weighted by Gasteiger charge is 2.01. The van der Waals surface area contributed by atoms with E-state index < -0.39 is 0 Å². The van der Waals surface area contributed by atoms with Gasteiger partial charge in [-0.15, -0.1) is 0 Å². The number of pyridine rings is 1. The predicted octanol–water partition coefficient (Wildman–Crippen LogP) is 4.66. The van der Waals surface area contributed by atoms with Crippen molar-refractivity contribution in [1.29, 1.82) is 0 Å². The summed E-state index contributed by atoms with van der Waals surface area (Å²) in [7, 11) is 0. The SMILES string of the molecule is Brc1cncc2cc(-c3ccccc3)ccc12. The van der Waals surface area contributed by atoms with Gasteiger partial charge < -0.3 is 0 Å². The molecule has 0 amide bonds. The van der Waals surface area contributed by atoms with Crippen molar-refractivity contribution in [3.63, 3.8) is 0 Å². The Bertz CT molecular complexity index is 662. The molecule has 2 heteroatoms. The van der Waals surface area contributed by atoms with Gasteiger partial charge in [-0.25, -0.2) is 0 Å². The summed E-state index contributed by atoms with van der Waals surface area (Å²) < 4.78 is 1.04. The Morgan fingerprint density at radius 1 is 0.824 bits per heavy atom. The number of nitrogens with zero attached hydrogens (tertiary/aromatic N) is 1. The summed E-state index contributed by atoms with van der Waals surface area (Å²) in [6.07, 6.45) is 3.72. The number of benzene rings is 2. The second-order valence-electron chi connectivity index (χ2n) is 3.92. The van der Waals surface area contributed by atoms with Crippen LogP contribution in [-0.4, -0.2) is 4.98 Å². The average Bonchev–Trinajstić information content (AvgIpc) is 2.40. The van der Waals surface area contributed by atoms with Crippen LogP contribution in [0.25, 0.3) is 21.9 Å². The van der Waals surface area contributed by atoms with E-state index in [1.165, 1.54) is 16.5 Å². The summed E-state index contributed by atoms with van der Waals surface area (Å²) in [4.78, 5) is 4.20. The van der Waals surface area contributed by atoms with Crippen molar-refractivity contribution in [1.82, 2.24) is 4.98 Å². The number of rotatable bonds is 1. The number of halogens is 1. The third-order valence-corrected chi connectivity index (χ3v) is 3.45. The van der Waals surface area contributed by atoms with E-state index >= 15 is 0 Å². The number of hydrogen-bond donors (Lipinski definition) is 0. The molecule has 0 aliphatic heterocycles. The molecule has 2 aromatic carbocycles. The van der Waals surface area contributed by atoms with Crippen LogP contribution in [0.3, 0.4) is 0 Å². The second kappa shape index (κ2) is 4.30. The summed E-state index contributed by atoms with van der Waals surface area (Å²) in [5, 5.41) is 2.35. The number of fused-ring (bicyclic) bond motifs is 1. The predicted molar refractivity (Wildman–Crippen MR) is 74.9 cm³/mol. The molecule has 1 nitrogen and oxygen atoms in total. The lowest BCUT2D eigenvalue weighted by Crippen LogP contribution is -1.81. The minimum atomic E-state index is 1.04. The largest absolute Gasteiger partial charge is 0.263 e. The smallest absolute Gasteiger partial charge is 0.0437 e. The van der Waals surface area contributed by atoms with Crippen LogP contribution >= 0.6 is 15.9 Å². The Labute approximate surface area is 108 Å². The van der Waals surface area contributed by atoms with E-state index in [1.54, 1.807) is 0 Å². The van der Waals surface area contributed by atoms with Gasteiger partial charge in [0.05, 0.1) is 0 Å².